The Hall–Kier alpha value is -2.20. The Kier molecular flexibility index (Phi) is 5.26. The van der Waals surface area contributed by atoms with Gasteiger partial charge in [0.1, 0.15) is 0 Å². The molecule has 1 saturated heterocycles. The van der Waals surface area contributed by atoms with Gasteiger partial charge in [-0.1, -0.05) is 37.6 Å². The summed E-state index contributed by atoms with van der Waals surface area (Å²) in [6.45, 7) is 5.58. The Morgan fingerprint density at radius 1 is 1.11 bits per heavy atom. The molecule has 2 aromatic rings. The van der Waals surface area contributed by atoms with Crippen molar-refractivity contribution in [3.8, 4) is 0 Å². The van der Waals surface area contributed by atoms with Crippen molar-refractivity contribution in [2.24, 2.45) is 0 Å². The summed E-state index contributed by atoms with van der Waals surface area (Å²) in [6.07, 6.45) is 8.98. The largest absolute Gasteiger partial charge is 0.337 e. The third-order valence-electron chi connectivity index (χ3n) is 6.25. The minimum atomic E-state index is 0.0267. The molecule has 1 amide bonds. The number of amides is 1. The van der Waals surface area contributed by atoms with Crippen LogP contribution >= 0.6 is 0 Å². The van der Waals surface area contributed by atoms with Crippen LogP contribution in [-0.4, -0.2) is 39.3 Å². The van der Waals surface area contributed by atoms with Crippen molar-refractivity contribution >= 4 is 5.91 Å². The number of hydrogen-bond donors (Lipinski definition) is 0. The van der Waals surface area contributed by atoms with Gasteiger partial charge in [-0.2, -0.15) is 0 Å². The van der Waals surface area contributed by atoms with Gasteiger partial charge in [0.15, 0.2) is 0 Å². The number of piperidine rings is 1. The number of nitrogens with zero attached hydrogens (tertiary/aromatic N) is 3. The number of carbonyl (C=O) groups is 1. The average molecular weight is 364 g/mol. The number of rotatable bonds is 3. The third-order valence-corrected chi connectivity index (χ3v) is 6.25. The molecule has 1 atom stereocenters. The lowest BCUT2D eigenvalue weighted by Crippen LogP contribution is -2.58. The van der Waals surface area contributed by atoms with Gasteiger partial charge in [-0.05, 0) is 54.6 Å². The van der Waals surface area contributed by atoms with Crippen LogP contribution in [0.4, 0.5) is 0 Å². The number of pyridine rings is 1. The van der Waals surface area contributed by atoms with Gasteiger partial charge in [-0.25, -0.2) is 0 Å². The molecule has 3 heterocycles. The van der Waals surface area contributed by atoms with Crippen LogP contribution in [0.5, 0.6) is 0 Å². The zero-order valence-corrected chi connectivity index (χ0v) is 16.2. The van der Waals surface area contributed by atoms with Crippen LogP contribution in [0, 0.1) is 0 Å². The molecule has 1 unspecified atom stereocenters. The third kappa shape index (κ3) is 3.77. The van der Waals surface area contributed by atoms with Crippen molar-refractivity contribution in [2.75, 3.05) is 13.1 Å². The Bertz CT molecular complexity index is 791. The predicted octanol–water partition coefficient (Wildman–Crippen LogP) is 3.80. The van der Waals surface area contributed by atoms with E-state index < -0.39 is 0 Å². The van der Waals surface area contributed by atoms with Crippen molar-refractivity contribution in [3.05, 3.63) is 65.5 Å². The normalized spacial score (nSPS) is 23.1. The van der Waals surface area contributed by atoms with E-state index >= 15 is 0 Å². The second kappa shape index (κ2) is 7.81. The average Bonchev–Trinajstić information content (AvgIpc) is 2.87. The van der Waals surface area contributed by atoms with Crippen molar-refractivity contribution in [3.63, 3.8) is 0 Å². The van der Waals surface area contributed by atoms with Crippen LogP contribution < -0.4 is 0 Å². The maximum atomic E-state index is 12.7. The number of likely N-dealkylation sites (tertiary alicyclic amines) is 1. The van der Waals surface area contributed by atoms with Crippen molar-refractivity contribution in [1.82, 2.24) is 14.8 Å². The highest BCUT2D eigenvalue weighted by atomic mass is 16.2. The highest BCUT2D eigenvalue weighted by molar-refractivity contribution is 5.76. The second-order valence-corrected chi connectivity index (χ2v) is 8.01. The quantitative estimate of drug-likeness (QED) is 0.832. The van der Waals surface area contributed by atoms with Crippen molar-refractivity contribution in [1.29, 1.82) is 0 Å². The van der Waals surface area contributed by atoms with E-state index in [0.717, 1.165) is 39.0 Å². The molecule has 4 rings (SSSR count). The molecule has 0 radical (unpaired) electrons. The maximum Gasteiger partial charge on any atom is 0.222 e. The van der Waals surface area contributed by atoms with Crippen LogP contribution in [0.3, 0.4) is 0 Å². The van der Waals surface area contributed by atoms with Gasteiger partial charge >= 0.3 is 0 Å². The van der Waals surface area contributed by atoms with Crippen LogP contribution in [0.15, 0.2) is 48.8 Å². The summed E-state index contributed by atoms with van der Waals surface area (Å²) in [6, 6.07) is 12.9. The summed E-state index contributed by atoms with van der Waals surface area (Å²) in [5, 5.41) is 0. The minimum absolute atomic E-state index is 0.0267. The van der Waals surface area contributed by atoms with E-state index in [2.05, 4.69) is 51.2 Å². The van der Waals surface area contributed by atoms with Crippen LogP contribution in [0.2, 0.25) is 0 Å². The van der Waals surface area contributed by atoms with Crippen LogP contribution in [0.1, 0.15) is 49.3 Å². The number of fused-ring (bicyclic) bond motifs is 1. The van der Waals surface area contributed by atoms with Gasteiger partial charge in [0, 0.05) is 44.0 Å². The zero-order valence-electron chi connectivity index (χ0n) is 16.2. The highest BCUT2D eigenvalue weighted by Crippen LogP contribution is 2.37. The van der Waals surface area contributed by atoms with Crippen LogP contribution in [0.25, 0.3) is 0 Å². The Morgan fingerprint density at radius 2 is 1.89 bits per heavy atom. The topological polar surface area (TPSA) is 36.4 Å². The lowest BCUT2D eigenvalue weighted by Gasteiger charge is -2.49. The van der Waals surface area contributed by atoms with E-state index in [4.69, 9.17) is 0 Å². The molecule has 0 saturated carbocycles. The first-order valence-corrected chi connectivity index (χ1v) is 10.2. The minimum Gasteiger partial charge on any atom is -0.337 e. The summed E-state index contributed by atoms with van der Waals surface area (Å²) in [5.41, 5.74) is 4.05. The molecule has 4 nitrogen and oxygen atoms in total. The van der Waals surface area contributed by atoms with E-state index in [9.17, 15) is 4.79 Å². The first-order valence-electron chi connectivity index (χ1n) is 10.2. The van der Waals surface area contributed by atoms with Gasteiger partial charge in [0.2, 0.25) is 5.91 Å². The molecule has 4 heteroatoms. The monoisotopic (exact) mass is 363 g/mol. The molecule has 0 bridgehead atoms. The van der Waals surface area contributed by atoms with E-state index in [1.165, 1.54) is 29.5 Å². The summed E-state index contributed by atoms with van der Waals surface area (Å²) >= 11 is 0. The van der Waals surface area contributed by atoms with Gasteiger partial charge < -0.3 is 4.90 Å². The number of carbonyl (C=O) groups excluding carboxylic acids is 1. The Morgan fingerprint density at radius 3 is 2.67 bits per heavy atom. The fourth-order valence-corrected chi connectivity index (χ4v) is 4.80. The van der Waals surface area contributed by atoms with E-state index in [0.29, 0.717) is 6.42 Å². The summed E-state index contributed by atoms with van der Waals surface area (Å²) in [7, 11) is 0. The summed E-state index contributed by atoms with van der Waals surface area (Å²) in [5.74, 6) is 0.264. The highest BCUT2D eigenvalue weighted by Gasteiger charge is 2.43. The Labute approximate surface area is 162 Å². The fourth-order valence-electron chi connectivity index (χ4n) is 4.80. The summed E-state index contributed by atoms with van der Waals surface area (Å²) in [4.78, 5) is 21.6. The second-order valence-electron chi connectivity index (χ2n) is 8.01. The maximum absolute atomic E-state index is 12.7. The summed E-state index contributed by atoms with van der Waals surface area (Å²) < 4.78 is 0. The smallest absolute Gasteiger partial charge is 0.222 e. The van der Waals surface area contributed by atoms with E-state index in [-0.39, 0.29) is 11.4 Å². The molecular formula is C23H29N3O. The predicted molar refractivity (Wildman–Crippen MR) is 107 cm³/mol. The fraction of sp³-hybridized carbons (Fsp3) is 0.478. The molecule has 27 heavy (non-hydrogen) atoms. The lowest BCUT2D eigenvalue weighted by atomic mass is 9.80. The molecule has 1 fully saturated rings. The Balaban J connectivity index is 1.71. The molecule has 2 aliphatic rings. The number of aromatic nitrogens is 1. The van der Waals surface area contributed by atoms with Gasteiger partial charge in [-0.3, -0.25) is 14.7 Å². The first kappa shape index (κ1) is 18.2. The standard InChI is InChI=1S/C23H29N3O/c1-2-22(27)25-17-21-8-4-3-7-20(21)15-23(18-25)11-5-6-14-26(23)16-19-9-12-24-13-10-19/h3-4,7-10,12-13H,2,5-6,11,14-18H2,1H3. The van der Waals surface area contributed by atoms with Gasteiger partial charge in [-0.15, -0.1) is 0 Å². The zero-order chi connectivity index (χ0) is 18.7. The van der Waals surface area contributed by atoms with E-state index in [1.807, 2.05) is 19.3 Å². The molecule has 0 N–H and O–H groups in total. The number of hydrogen-bond acceptors (Lipinski definition) is 3. The molecule has 1 aromatic carbocycles. The molecule has 142 valence electrons. The van der Waals surface area contributed by atoms with Crippen LogP contribution in [-0.2, 0) is 24.3 Å². The van der Waals surface area contributed by atoms with E-state index in [1.54, 1.807) is 0 Å². The van der Waals surface area contributed by atoms with Crippen molar-refractivity contribution < 1.29 is 4.79 Å². The molecular weight excluding hydrogens is 334 g/mol. The van der Waals surface area contributed by atoms with Crippen molar-refractivity contribution in [2.45, 2.75) is 57.7 Å². The molecule has 2 aliphatic heterocycles. The van der Waals surface area contributed by atoms with Gasteiger partial charge in [0.25, 0.3) is 0 Å². The first-order chi connectivity index (χ1) is 13.2. The SMILES string of the molecule is CCC(=O)N1Cc2ccccc2CC2(CCCCN2Cc2ccncc2)C1. The lowest BCUT2D eigenvalue weighted by molar-refractivity contribution is -0.134. The molecule has 1 aromatic heterocycles. The van der Waals surface area contributed by atoms with Gasteiger partial charge in [0.05, 0.1) is 0 Å². The molecule has 1 spiro atoms. The molecule has 0 aliphatic carbocycles. The number of benzene rings is 1.